The Morgan fingerprint density at radius 1 is 1.26 bits per heavy atom. The summed E-state index contributed by atoms with van der Waals surface area (Å²) in [5.74, 6) is 2.02. The van der Waals surface area contributed by atoms with Crippen LogP contribution < -0.4 is 10.5 Å². The Morgan fingerprint density at radius 2 is 1.95 bits per heavy atom. The molecule has 2 aromatic rings. The predicted molar refractivity (Wildman–Crippen MR) is 78.4 cm³/mol. The molecule has 0 atom stereocenters. The van der Waals surface area contributed by atoms with Gasteiger partial charge in [-0.25, -0.2) is 0 Å². The second-order valence-corrected chi connectivity index (χ2v) is 5.15. The predicted octanol–water partition coefficient (Wildman–Crippen LogP) is 3.11. The Hall–Kier alpha value is -1.97. The number of nitrogens with two attached hydrogens (primary N) is 1. The Balaban J connectivity index is 2.59. The van der Waals surface area contributed by atoms with Crippen LogP contribution >= 0.6 is 0 Å². The van der Waals surface area contributed by atoms with Gasteiger partial charge in [0.15, 0.2) is 0 Å². The first-order valence-electron chi connectivity index (χ1n) is 6.42. The van der Waals surface area contributed by atoms with Gasteiger partial charge in [0.25, 0.3) is 0 Å². The summed E-state index contributed by atoms with van der Waals surface area (Å²) in [5.41, 5.74) is 10.1. The van der Waals surface area contributed by atoms with E-state index in [4.69, 9.17) is 10.5 Å². The average molecular weight is 259 g/mol. The van der Waals surface area contributed by atoms with Gasteiger partial charge in [0.05, 0.1) is 12.8 Å². The number of hydrogen-bond donors (Lipinski definition) is 1. The molecule has 0 spiro atoms. The molecule has 0 amide bonds. The lowest BCUT2D eigenvalue weighted by molar-refractivity contribution is 0.404. The van der Waals surface area contributed by atoms with E-state index < -0.39 is 0 Å². The molecule has 1 aromatic heterocycles. The number of nitrogen functional groups attached to an aromatic ring is 1. The first-order chi connectivity index (χ1) is 8.93. The normalized spacial score (nSPS) is 11.1. The van der Waals surface area contributed by atoms with E-state index in [0.717, 1.165) is 22.6 Å². The first-order valence-corrected chi connectivity index (χ1v) is 6.42. The summed E-state index contributed by atoms with van der Waals surface area (Å²) in [7, 11) is 3.56. The van der Waals surface area contributed by atoms with Crippen LogP contribution in [0.2, 0.25) is 0 Å². The van der Waals surface area contributed by atoms with Crippen LogP contribution in [0.1, 0.15) is 30.9 Å². The molecular weight excluding hydrogens is 238 g/mol. The van der Waals surface area contributed by atoms with Gasteiger partial charge in [-0.2, -0.15) is 5.10 Å². The number of aryl methyl sites for hydroxylation is 2. The van der Waals surface area contributed by atoms with Gasteiger partial charge in [0.2, 0.25) is 0 Å². The van der Waals surface area contributed by atoms with Crippen LogP contribution in [0, 0.1) is 6.92 Å². The van der Waals surface area contributed by atoms with Crippen molar-refractivity contribution < 1.29 is 4.74 Å². The highest BCUT2D eigenvalue weighted by molar-refractivity contribution is 5.66. The van der Waals surface area contributed by atoms with Crippen molar-refractivity contribution in [1.29, 1.82) is 0 Å². The van der Waals surface area contributed by atoms with Crippen molar-refractivity contribution in [3.63, 3.8) is 0 Å². The fourth-order valence-corrected chi connectivity index (χ4v) is 2.28. The second-order valence-electron chi connectivity index (χ2n) is 5.15. The van der Waals surface area contributed by atoms with E-state index in [-0.39, 0.29) is 0 Å². The topological polar surface area (TPSA) is 53.1 Å². The molecule has 0 saturated heterocycles. The Bertz CT molecular complexity index is 580. The van der Waals surface area contributed by atoms with E-state index in [9.17, 15) is 0 Å². The minimum atomic E-state index is 0.398. The minimum Gasteiger partial charge on any atom is -0.496 e. The summed E-state index contributed by atoms with van der Waals surface area (Å²) in [6.07, 6.45) is 0. The highest BCUT2D eigenvalue weighted by Gasteiger charge is 2.14. The first kappa shape index (κ1) is 13.5. The summed E-state index contributed by atoms with van der Waals surface area (Å²) in [6, 6.07) is 6.12. The number of aromatic nitrogens is 2. The molecule has 0 fully saturated rings. The second kappa shape index (κ2) is 4.96. The number of hydrogen-bond acceptors (Lipinski definition) is 3. The fraction of sp³-hybridized carbons (Fsp3) is 0.400. The van der Waals surface area contributed by atoms with Crippen molar-refractivity contribution in [2.75, 3.05) is 12.8 Å². The number of ether oxygens (including phenoxy) is 1. The lowest BCUT2D eigenvalue weighted by Crippen LogP contribution is -1.98. The molecule has 0 saturated carbocycles. The van der Waals surface area contributed by atoms with Crippen LogP contribution in [0.25, 0.3) is 11.3 Å². The molecule has 1 heterocycles. The van der Waals surface area contributed by atoms with Gasteiger partial charge < -0.3 is 10.5 Å². The third-order valence-corrected chi connectivity index (χ3v) is 3.34. The van der Waals surface area contributed by atoms with Crippen molar-refractivity contribution in [2.24, 2.45) is 7.05 Å². The Kier molecular flexibility index (Phi) is 3.51. The molecular formula is C15H21N3O. The number of benzene rings is 1. The zero-order chi connectivity index (χ0) is 14.2. The van der Waals surface area contributed by atoms with Crippen molar-refractivity contribution in [1.82, 2.24) is 9.78 Å². The summed E-state index contributed by atoms with van der Waals surface area (Å²) in [4.78, 5) is 0. The maximum Gasteiger partial charge on any atom is 0.125 e. The third kappa shape index (κ3) is 2.43. The highest BCUT2D eigenvalue weighted by Crippen LogP contribution is 2.34. The molecule has 102 valence electrons. The van der Waals surface area contributed by atoms with E-state index >= 15 is 0 Å². The number of methoxy groups -OCH3 is 1. The molecule has 0 bridgehead atoms. The van der Waals surface area contributed by atoms with E-state index in [1.807, 2.05) is 13.1 Å². The smallest absolute Gasteiger partial charge is 0.125 e. The molecule has 0 aliphatic heterocycles. The van der Waals surface area contributed by atoms with Gasteiger partial charge in [-0.1, -0.05) is 13.8 Å². The molecule has 1 aromatic carbocycles. The largest absolute Gasteiger partial charge is 0.496 e. The molecule has 0 unspecified atom stereocenters. The van der Waals surface area contributed by atoms with Crippen molar-refractivity contribution in [3.05, 3.63) is 29.3 Å². The fourth-order valence-electron chi connectivity index (χ4n) is 2.28. The Morgan fingerprint density at radius 3 is 2.42 bits per heavy atom. The number of nitrogens with zero attached hydrogens (tertiary/aromatic N) is 2. The maximum atomic E-state index is 5.85. The molecule has 0 aliphatic carbocycles. The molecule has 4 nitrogen and oxygen atoms in total. The summed E-state index contributed by atoms with van der Waals surface area (Å²) in [5, 5.41) is 4.43. The number of rotatable bonds is 3. The van der Waals surface area contributed by atoms with Crippen molar-refractivity contribution in [2.45, 2.75) is 26.7 Å². The monoisotopic (exact) mass is 259 g/mol. The average Bonchev–Trinajstić information content (AvgIpc) is 2.68. The van der Waals surface area contributed by atoms with Crippen LogP contribution in [-0.2, 0) is 7.05 Å². The van der Waals surface area contributed by atoms with Crippen LogP contribution in [0.15, 0.2) is 18.2 Å². The van der Waals surface area contributed by atoms with Gasteiger partial charge in [0.1, 0.15) is 11.6 Å². The van der Waals surface area contributed by atoms with Crippen molar-refractivity contribution in [3.8, 4) is 17.0 Å². The zero-order valence-electron chi connectivity index (χ0n) is 12.2. The van der Waals surface area contributed by atoms with Crippen LogP contribution in [0.3, 0.4) is 0 Å². The maximum absolute atomic E-state index is 5.85. The molecule has 2 rings (SSSR count). The van der Waals surface area contributed by atoms with E-state index in [2.05, 4.69) is 38.0 Å². The van der Waals surface area contributed by atoms with E-state index in [1.165, 1.54) is 5.56 Å². The number of anilines is 1. The van der Waals surface area contributed by atoms with E-state index in [0.29, 0.717) is 11.7 Å². The van der Waals surface area contributed by atoms with Gasteiger partial charge in [-0.15, -0.1) is 0 Å². The SMILES string of the molecule is COc1c(C)cc(-c2cc(N)n(C)n2)cc1C(C)C. The summed E-state index contributed by atoms with van der Waals surface area (Å²) >= 11 is 0. The highest BCUT2D eigenvalue weighted by atomic mass is 16.5. The molecule has 2 N–H and O–H groups in total. The molecule has 0 radical (unpaired) electrons. The Labute approximate surface area is 114 Å². The van der Waals surface area contributed by atoms with Gasteiger partial charge >= 0.3 is 0 Å². The minimum absolute atomic E-state index is 0.398. The van der Waals surface area contributed by atoms with Crippen LogP contribution in [0.5, 0.6) is 5.75 Å². The molecule has 4 heteroatoms. The lowest BCUT2D eigenvalue weighted by Gasteiger charge is -2.15. The molecule has 0 aliphatic rings. The van der Waals surface area contributed by atoms with Crippen molar-refractivity contribution >= 4 is 5.82 Å². The van der Waals surface area contributed by atoms with Crippen LogP contribution in [0.4, 0.5) is 5.82 Å². The van der Waals surface area contributed by atoms with Gasteiger partial charge in [-0.05, 0) is 36.1 Å². The van der Waals surface area contributed by atoms with Gasteiger partial charge in [-0.3, -0.25) is 4.68 Å². The standard InChI is InChI=1S/C15H21N3O/c1-9(2)12-7-11(6-10(3)15(12)19-5)13-8-14(16)18(4)17-13/h6-9H,16H2,1-5H3. The van der Waals surface area contributed by atoms with E-state index in [1.54, 1.807) is 11.8 Å². The quantitative estimate of drug-likeness (QED) is 0.921. The summed E-state index contributed by atoms with van der Waals surface area (Å²) in [6.45, 7) is 6.38. The lowest BCUT2D eigenvalue weighted by atomic mass is 9.95. The van der Waals surface area contributed by atoms with Crippen LogP contribution in [-0.4, -0.2) is 16.9 Å². The summed E-state index contributed by atoms with van der Waals surface area (Å²) < 4.78 is 7.19. The zero-order valence-corrected chi connectivity index (χ0v) is 12.2. The molecule has 19 heavy (non-hydrogen) atoms. The third-order valence-electron chi connectivity index (χ3n) is 3.34. The van der Waals surface area contributed by atoms with Gasteiger partial charge in [0, 0.05) is 18.7 Å².